The van der Waals surface area contributed by atoms with E-state index in [0.29, 0.717) is 34.7 Å². The molecule has 3 aliphatic heterocycles. The maximum Gasteiger partial charge on any atom is 0.226 e. The lowest BCUT2D eigenvalue weighted by molar-refractivity contribution is 0.287. The van der Waals surface area contributed by atoms with Crippen LogP contribution in [0.25, 0.3) is 16.7 Å². The van der Waals surface area contributed by atoms with Gasteiger partial charge >= 0.3 is 0 Å². The minimum absolute atomic E-state index is 0.419. The van der Waals surface area contributed by atoms with Gasteiger partial charge in [0.25, 0.3) is 0 Å². The smallest absolute Gasteiger partial charge is 0.226 e. The molecule has 3 saturated heterocycles. The lowest BCUT2D eigenvalue weighted by atomic mass is 9.93. The molecule has 3 fully saturated rings. The number of benzene rings is 1. The second-order valence-corrected chi connectivity index (χ2v) is 9.99. The Kier molecular flexibility index (Phi) is 5.33. The van der Waals surface area contributed by atoms with Gasteiger partial charge in [0.1, 0.15) is 35.2 Å². The number of hydrogen-bond acceptors (Lipinski definition) is 10. The van der Waals surface area contributed by atoms with Gasteiger partial charge in [0.2, 0.25) is 5.95 Å². The molecular weight excluding hydrogens is 487 g/mol. The summed E-state index contributed by atoms with van der Waals surface area (Å²) in [5, 5.41) is 12.1. The third-order valence-electron chi connectivity index (χ3n) is 7.17. The molecular formula is C25H25N10OP. The van der Waals surface area contributed by atoms with Gasteiger partial charge in [-0.15, -0.1) is 9.24 Å². The lowest BCUT2D eigenvalue weighted by Gasteiger charge is -2.45. The molecule has 12 heteroatoms. The summed E-state index contributed by atoms with van der Waals surface area (Å²) < 4.78 is 7.87. The molecule has 186 valence electrons. The molecule has 0 radical (unpaired) electrons. The van der Waals surface area contributed by atoms with E-state index in [2.05, 4.69) is 49.8 Å². The van der Waals surface area contributed by atoms with Crippen LogP contribution in [0.1, 0.15) is 18.4 Å². The van der Waals surface area contributed by atoms with Crippen LogP contribution in [0.2, 0.25) is 0 Å². The number of fused-ring (bicyclic) bond motifs is 5. The molecule has 2 bridgehead atoms. The van der Waals surface area contributed by atoms with E-state index < -0.39 is 0 Å². The minimum Gasteiger partial charge on any atom is -0.457 e. The maximum atomic E-state index is 6.17. The lowest BCUT2D eigenvalue weighted by Crippen LogP contribution is -2.61. The summed E-state index contributed by atoms with van der Waals surface area (Å²) in [6, 6.07) is 8.56. The van der Waals surface area contributed by atoms with Crippen LogP contribution in [0.5, 0.6) is 11.5 Å². The van der Waals surface area contributed by atoms with Crippen molar-refractivity contribution in [2.45, 2.75) is 31.8 Å². The summed E-state index contributed by atoms with van der Waals surface area (Å²) >= 11 is 0. The normalized spacial score (nSPS) is 19.0. The Morgan fingerprint density at radius 3 is 2.89 bits per heavy atom. The molecule has 1 aromatic carbocycles. The van der Waals surface area contributed by atoms with Crippen LogP contribution in [0.4, 0.5) is 17.5 Å². The molecule has 4 aromatic heterocycles. The van der Waals surface area contributed by atoms with Crippen LogP contribution in [0.3, 0.4) is 0 Å². The van der Waals surface area contributed by atoms with Crippen LogP contribution >= 0.6 is 9.24 Å². The Hall–Kier alpha value is -3.95. The Labute approximate surface area is 214 Å². The van der Waals surface area contributed by atoms with Gasteiger partial charge in [-0.3, -0.25) is 0 Å². The zero-order valence-electron chi connectivity index (χ0n) is 20.2. The van der Waals surface area contributed by atoms with Crippen molar-refractivity contribution < 1.29 is 4.74 Å². The molecule has 0 saturated carbocycles. The molecule has 8 rings (SSSR count). The summed E-state index contributed by atoms with van der Waals surface area (Å²) in [6.45, 7) is 3.92. The van der Waals surface area contributed by atoms with Gasteiger partial charge in [0, 0.05) is 48.7 Å². The van der Waals surface area contributed by atoms with Gasteiger partial charge in [0.05, 0.1) is 6.20 Å². The number of hydrogen-bond donors (Lipinski definition) is 2. The van der Waals surface area contributed by atoms with Crippen molar-refractivity contribution in [3.63, 3.8) is 0 Å². The van der Waals surface area contributed by atoms with Crippen molar-refractivity contribution in [1.82, 2.24) is 39.9 Å². The highest BCUT2D eigenvalue weighted by Crippen LogP contribution is 2.31. The van der Waals surface area contributed by atoms with Crippen molar-refractivity contribution in [1.29, 1.82) is 0 Å². The predicted molar refractivity (Wildman–Crippen MR) is 144 cm³/mol. The first-order valence-corrected chi connectivity index (χ1v) is 12.8. The predicted octanol–water partition coefficient (Wildman–Crippen LogP) is 2.75. The highest BCUT2D eigenvalue weighted by Gasteiger charge is 2.35. The van der Waals surface area contributed by atoms with E-state index in [1.807, 2.05) is 37.4 Å². The van der Waals surface area contributed by atoms with Crippen molar-refractivity contribution in [2.24, 2.45) is 0 Å². The summed E-state index contributed by atoms with van der Waals surface area (Å²) in [6.07, 6.45) is 9.03. The highest BCUT2D eigenvalue weighted by atomic mass is 31.0. The van der Waals surface area contributed by atoms with Crippen LogP contribution in [0.15, 0.2) is 49.3 Å². The van der Waals surface area contributed by atoms with Crippen LogP contribution < -0.4 is 25.6 Å². The molecule has 3 aliphatic rings. The Balaban J connectivity index is 1.18. The van der Waals surface area contributed by atoms with E-state index in [9.17, 15) is 0 Å². The average molecular weight is 513 g/mol. The van der Waals surface area contributed by atoms with Gasteiger partial charge in [-0.25, -0.2) is 29.4 Å². The standard InChI is InChI=1S/C25H25N10OP/c1-14-20(36-17-6-7-35-21(8-17)29-13-31-35)5-4-18(23(14)37)32-24-22-19(28-12-30-24)10-27-25(33-22)34-11-15-2-3-16(34)9-26-15/h4-8,10,12-13,15-16,26H,2-3,9,11,37H2,1H3,(H,28,30,32). The monoisotopic (exact) mass is 512 g/mol. The first kappa shape index (κ1) is 22.3. The molecule has 2 N–H and O–H groups in total. The number of piperidine rings is 2. The quantitative estimate of drug-likeness (QED) is 0.340. The second-order valence-electron chi connectivity index (χ2n) is 9.42. The fourth-order valence-electron chi connectivity index (χ4n) is 5.07. The number of nitrogens with zero attached hydrogens (tertiary/aromatic N) is 8. The van der Waals surface area contributed by atoms with Crippen molar-refractivity contribution in [3.8, 4) is 11.5 Å². The summed E-state index contributed by atoms with van der Waals surface area (Å²) in [5.41, 5.74) is 4.01. The number of nitrogens with one attached hydrogen (secondary N) is 2. The SMILES string of the molecule is Cc1c(Oc2ccn3ncnc3c2)ccc(Nc2ncnc3cnc(N4CC5CCC4CN5)nc23)c1P. The third kappa shape index (κ3) is 4.00. The molecule has 0 aliphatic carbocycles. The first-order chi connectivity index (χ1) is 18.1. The summed E-state index contributed by atoms with van der Waals surface area (Å²) in [4.78, 5) is 25.0. The molecule has 0 spiro atoms. The van der Waals surface area contributed by atoms with Crippen LogP contribution in [-0.2, 0) is 0 Å². The number of anilines is 3. The Morgan fingerprint density at radius 1 is 1.11 bits per heavy atom. The zero-order valence-corrected chi connectivity index (χ0v) is 21.3. The largest absolute Gasteiger partial charge is 0.457 e. The second kappa shape index (κ2) is 8.86. The maximum absolute atomic E-state index is 6.17. The number of pyridine rings is 1. The van der Waals surface area contributed by atoms with E-state index in [0.717, 1.165) is 53.4 Å². The van der Waals surface area contributed by atoms with E-state index in [4.69, 9.17) is 9.72 Å². The molecule has 11 nitrogen and oxygen atoms in total. The molecule has 7 heterocycles. The molecule has 37 heavy (non-hydrogen) atoms. The summed E-state index contributed by atoms with van der Waals surface area (Å²) in [5.74, 6) is 2.83. The Morgan fingerprint density at radius 2 is 2.05 bits per heavy atom. The molecule has 3 atom stereocenters. The Bertz CT molecular complexity index is 1630. The molecule has 3 unspecified atom stereocenters. The van der Waals surface area contributed by atoms with Crippen molar-refractivity contribution >= 4 is 48.7 Å². The third-order valence-corrected chi connectivity index (χ3v) is 7.91. The van der Waals surface area contributed by atoms with Gasteiger partial charge < -0.3 is 20.3 Å². The van der Waals surface area contributed by atoms with E-state index in [-0.39, 0.29) is 0 Å². The van der Waals surface area contributed by atoms with Crippen LogP contribution in [0, 0.1) is 6.92 Å². The average Bonchev–Trinajstić information content (AvgIpc) is 3.41. The summed E-state index contributed by atoms with van der Waals surface area (Å²) in [7, 11) is 2.81. The number of rotatable bonds is 5. The number of ether oxygens (including phenoxy) is 1. The fraction of sp³-hybridized carbons (Fsp3) is 0.280. The fourth-order valence-corrected chi connectivity index (χ4v) is 5.38. The van der Waals surface area contributed by atoms with Gasteiger partial charge in [0.15, 0.2) is 11.5 Å². The van der Waals surface area contributed by atoms with Gasteiger partial charge in [-0.2, -0.15) is 5.10 Å². The molecule has 0 amide bonds. The minimum atomic E-state index is 0.419. The van der Waals surface area contributed by atoms with E-state index in [1.54, 1.807) is 10.7 Å². The van der Waals surface area contributed by atoms with Gasteiger partial charge in [-0.05, 0) is 43.3 Å². The van der Waals surface area contributed by atoms with Crippen molar-refractivity contribution in [2.75, 3.05) is 23.3 Å². The molecule has 5 aromatic rings. The topological polar surface area (TPSA) is 118 Å². The van der Waals surface area contributed by atoms with Gasteiger partial charge in [-0.1, -0.05) is 0 Å². The first-order valence-electron chi connectivity index (χ1n) is 12.2. The zero-order chi connectivity index (χ0) is 24.9. The van der Waals surface area contributed by atoms with Crippen molar-refractivity contribution in [3.05, 3.63) is 54.9 Å². The van der Waals surface area contributed by atoms with E-state index in [1.165, 1.54) is 19.1 Å². The number of aromatic nitrogens is 7. The van der Waals surface area contributed by atoms with Crippen LogP contribution in [-0.4, -0.2) is 59.7 Å². The highest BCUT2D eigenvalue weighted by molar-refractivity contribution is 7.28. The van der Waals surface area contributed by atoms with E-state index >= 15 is 0 Å². The number of piperazine rings is 1.